The predicted molar refractivity (Wildman–Crippen MR) is 75.4 cm³/mol. The zero-order chi connectivity index (χ0) is 16.4. The maximum atomic E-state index is 11.2. The minimum absolute atomic E-state index is 0.0158. The molecule has 1 amide bonds. The number of carbonyl (C=O) groups is 1. The van der Waals surface area contributed by atoms with Crippen molar-refractivity contribution in [1.82, 2.24) is 0 Å². The Kier molecular flexibility index (Phi) is 3.71. The zero-order valence-corrected chi connectivity index (χ0v) is 10.9. The number of hydrogen-bond acceptors (Lipinski definition) is 6. The number of nitro groups is 2. The third-order valence-electron chi connectivity index (χ3n) is 2.98. The van der Waals surface area contributed by atoms with E-state index >= 15 is 0 Å². The summed E-state index contributed by atoms with van der Waals surface area (Å²) in [5.74, 6) is -1.42. The van der Waals surface area contributed by atoms with Crippen molar-refractivity contribution in [3.05, 3.63) is 62.2 Å². The summed E-state index contributed by atoms with van der Waals surface area (Å²) >= 11 is 0. The second-order valence-electron chi connectivity index (χ2n) is 4.28. The Morgan fingerprint density at radius 1 is 1.05 bits per heavy atom. The molecule has 9 nitrogen and oxygen atoms in total. The van der Waals surface area contributed by atoms with E-state index in [2.05, 4.69) is 0 Å². The van der Waals surface area contributed by atoms with Crippen LogP contribution in [0.2, 0.25) is 0 Å². The fourth-order valence-corrected chi connectivity index (χ4v) is 1.97. The minimum Gasteiger partial charge on any atom is -0.506 e. The van der Waals surface area contributed by atoms with Gasteiger partial charge in [0, 0.05) is 11.6 Å². The average Bonchev–Trinajstić information content (AvgIpc) is 2.46. The first-order valence-corrected chi connectivity index (χ1v) is 5.88. The van der Waals surface area contributed by atoms with Crippen LogP contribution in [0.1, 0.15) is 10.4 Å². The van der Waals surface area contributed by atoms with E-state index in [0.29, 0.717) is 0 Å². The van der Waals surface area contributed by atoms with Crippen LogP contribution in [-0.4, -0.2) is 20.9 Å². The average molecular weight is 303 g/mol. The van der Waals surface area contributed by atoms with Crippen molar-refractivity contribution >= 4 is 17.3 Å². The number of non-ortho nitro benzene ring substituents is 1. The molecule has 0 aromatic heterocycles. The van der Waals surface area contributed by atoms with Crippen molar-refractivity contribution < 1.29 is 19.7 Å². The maximum Gasteiger partial charge on any atom is 0.284 e. The molecule has 3 N–H and O–H groups in total. The van der Waals surface area contributed by atoms with Gasteiger partial charge in [0.25, 0.3) is 17.3 Å². The van der Waals surface area contributed by atoms with E-state index in [-0.39, 0.29) is 16.7 Å². The van der Waals surface area contributed by atoms with Crippen molar-refractivity contribution in [3.8, 4) is 16.9 Å². The summed E-state index contributed by atoms with van der Waals surface area (Å²) < 4.78 is 0. The molecule has 0 fully saturated rings. The van der Waals surface area contributed by atoms with Gasteiger partial charge in [-0.15, -0.1) is 0 Å². The Morgan fingerprint density at radius 3 is 2.27 bits per heavy atom. The summed E-state index contributed by atoms with van der Waals surface area (Å²) in [6.45, 7) is 0. The van der Waals surface area contributed by atoms with Gasteiger partial charge in [0.2, 0.25) is 0 Å². The number of primary amides is 1. The van der Waals surface area contributed by atoms with Gasteiger partial charge in [0.15, 0.2) is 0 Å². The number of hydrogen-bond donors (Lipinski definition) is 2. The van der Waals surface area contributed by atoms with Crippen molar-refractivity contribution in [2.24, 2.45) is 5.73 Å². The standard InChI is InChI=1S/C13H9N3O6/c14-13(18)10-3-1-2-9(12(10)17)8-5-4-7(15(19)20)6-11(8)16(21)22/h1-6,17H,(H2,14,18). The Morgan fingerprint density at radius 2 is 1.73 bits per heavy atom. The molecule has 0 unspecified atom stereocenters. The van der Waals surface area contributed by atoms with E-state index in [4.69, 9.17) is 5.73 Å². The molecule has 0 bridgehead atoms. The number of para-hydroxylation sites is 1. The van der Waals surface area contributed by atoms with E-state index in [0.717, 1.165) is 18.2 Å². The van der Waals surface area contributed by atoms with Crippen LogP contribution < -0.4 is 5.73 Å². The lowest BCUT2D eigenvalue weighted by Crippen LogP contribution is -2.11. The van der Waals surface area contributed by atoms with Gasteiger partial charge in [-0.2, -0.15) is 0 Å². The van der Waals surface area contributed by atoms with Crippen LogP contribution in [0.15, 0.2) is 36.4 Å². The number of benzene rings is 2. The summed E-state index contributed by atoms with van der Waals surface area (Å²) in [7, 11) is 0. The monoisotopic (exact) mass is 303 g/mol. The van der Waals surface area contributed by atoms with Gasteiger partial charge in [-0.25, -0.2) is 0 Å². The lowest BCUT2D eigenvalue weighted by Gasteiger charge is -2.08. The van der Waals surface area contributed by atoms with Crippen molar-refractivity contribution in [3.63, 3.8) is 0 Å². The number of nitrogens with zero attached hydrogens (tertiary/aromatic N) is 2. The molecule has 9 heteroatoms. The quantitative estimate of drug-likeness (QED) is 0.651. The van der Waals surface area contributed by atoms with Gasteiger partial charge in [-0.05, 0) is 12.1 Å². The fraction of sp³-hybridized carbons (Fsp3) is 0. The molecule has 112 valence electrons. The number of aromatic hydroxyl groups is 1. The molecule has 0 saturated heterocycles. The minimum atomic E-state index is -0.899. The molecular weight excluding hydrogens is 294 g/mol. The van der Waals surface area contributed by atoms with Crippen LogP contribution in [0, 0.1) is 20.2 Å². The van der Waals surface area contributed by atoms with Crippen molar-refractivity contribution in [2.45, 2.75) is 0 Å². The summed E-state index contributed by atoms with van der Waals surface area (Å²) in [5.41, 5.74) is 3.80. The van der Waals surface area contributed by atoms with Gasteiger partial charge in [0.1, 0.15) is 5.75 Å². The highest BCUT2D eigenvalue weighted by Crippen LogP contribution is 2.38. The van der Waals surface area contributed by atoms with Gasteiger partial charge in [0.05, 0.1) is 27.0 Å². The second kappa shape index (κ2) is 5.48. The van der Waals surface area contributed by atoms with E-state index in [1.165, 1.54) is 18.2 Å². The Hall–Kier alpha value is -3.49. The lowest BCUT2D eigenvalue weighted by atomic mass is 9.99. The SMILES string of the molecule is NC(=O)c1cccc(-c2ccc([N+](=O)[O-])cc2[N+](=O)[O-])c1O. The number of nitrogens with two attached hydrogens (primary N) is 1. The normalized spacial score (nSPS) is 10.2. The zero-order valence-electron chi connectivity index (χ0n) is 10.9. The molecule has 2 aromatic carbocycles. The van der Waals surface area contributed by atoms with E-state index < -0.39 is 32.9 Å². The van der Waals surface area contributed by atoms with E-state index in [1.54, 1.807) is 0 Å². The van der Waals surface area contributed by atoms with Crippen LogP contribution >= 0.6 is 0 Å². The summed E-state index contributed by atoms with van der Waals surface area (Å²) in [4.78, 5) is 31.4. The first-order chi connectivity index (χ1) is 10.3. The molecule has 2 aromatic rings. The third kappa shape index (κ3) is 2.54. The number of phenols is 1. The molecule has 0 aliphatic carbocycles. The summed E-state index contributed by atoms with van der Waals surface area (Å²) in [5, 5.41) is 31.9. The molecule has 0 saturated carbocycles. The second-order valence-corrected chi connectivity index (χ2v) is 4.28. The molecule has 0 aliphatic rings. The number of rotatable bonds is 4. The molecule has 0 atom stereocenters. The van der Waals surface area contributed by atoms with Crippen LogP contribution in [0.5, 0.6) is 5.75 Å². The summed E-state index contributed by atoms with van der Waals surface area (Å²) in [6.07, 6.45) is 0. The molecule has 0 heterocycles. The highest BCUT2D eigenvalue weighted by atomic mass is 16.6. The topological polar surface area (TPSA) is 150 Å². The van der Waals surface area contributed by atoms with Gasteiger partial charge in [-0.3, -0.25) is 25.0 Å². The number of amides is 1. The number of nitro benzene ring substituents is 2. The van der Waals surface area contributed by atoms with E-state index in [9.17, 15) is 30.1 Å². The highest BCUT2D eigenvalue weighted by molar-refractivity contribution is 5.98. The van der Waals surface area contributed by atoms with E-state index in [1.807, 2.05) is 0 Å². The Balaban J connectivity index is 2.73. The van der Waals surface area contributed by atoms with Crippen LogP contribution in [0.25, 0.3) is 11.1 Å². The predicted octanol–water partition coefficient (Wildman–Crippen LogP) is 1.97. The Bertz CT molecular complexity index is 802. The Labute approximate surface area is 122 Å². The van der Waals surface area contributed by atoms with Crippen molar-refractivity contribution in [2.75, 3.05) is 0 Å². The first-order valence-electron chi connectivity index (χ1n) is 5.88. The molecule has 0 spiro atoms. The largest absolute Gasteiger partial charge is 0.506 e. The maximum absolute atomic E-state index is 11.2. The van der Waals surface area contributed by atoms with Gasteiger partial charge < -0.3 is 10.8 Å². The lowest BCUT2D eigenvalue weighted by molar-refractivity contribution is -0.393. The first kappa shape index (κ1) is 14.9. The summed E-state index contributed by atoms with van der Waals surface area (Å²) in [6, 6.07) is 6.98. The molecule has 22 heavy (non-hydrogen) atoms. The van der Waals surface area contributed by atoms with Crippen LogP contribution in [-0.2, 0) is 0 Å². The van der Waals surface area contributed by atoms with Crippen LogP contribution in [0.3, 0.4) is 0 Å². The molecule has 0 aliphatic heterocycles. The molecule has 2 rings (SSSR count). The van der Waals surface area contributed by atoms with Gasteiger partial charge in [-0.1, -0.05) is 12.1 Å². The van der Waals surface area contributed by atoms with Crippen LogP contribution in [0.4, 0.5) is 11.4 Å². The molecule has 0 radical (unpaired) electrons. The fourth-order valence-electron chi connectivity index (χ4n) is 1.97. The van der Waals surface area contributed by atoms with Gasteiger partial charge >= 0.3 is 0 Å². The number of carbonyl (C=O) groups excluding carboxylic acids is 1. The molecular formula is C13H9N3O6. The third-order valence-corrected chi connectivity index (χ3v) is 2.98. The smallest absolute Gasteiger partial charge is 0.284 e. The highest BCUT2D eigenvalue weighted by Gasteiger charge is 2.23. The van der Waals surface area contributed by atoms with Crippen molar-refractivity contribution in [1.29, 1.82) is 0 Å².